The molecule has 12 heavy (non-hydrogen) atoms. The summed E-state index contributed by atoms with van der Waals surface area (Å²) < 4.78 is 0. The molecule has 2 heterocycles. The van der Waals surface area contributed by atoms with Gasteiger partial charge < -0.3 is 4.98 Å². The van der Waals surface area contributed by atoms with Crippen molar-refractivity contribution in [1.82, 2.24) is 19.9 Å². The van der Waals surface area contributed by atoms with Crippen molar-refractivity contribution in [3.8, 4) is 0 Å². The Morgan fingerprint density at radius 2 is 2.25 bits per heavy atom. The molecule has 0 radical (unpaired) electrons. The molecular formula is C6H4FeN4O. The Hall–Kier alpha value is -1.26. The van der Waals surface area contributed by atoms with Crippen LogP contribution in [0, 0.1) is 0 Å². The second kappa shape index (κ2) is 3.42. The fourth-order valence-electron chi connectivity index (χ4n) is 0.806. The number of aldehydes is 1. The molecule has 0 unspecified atom stereocenters. The largest absolute Gasteiger partial charge is 0.342 e. The molecule has 2 aromatic rings. The van der Waals surface area contributed by atoms with Crippen LogP contribution in [0.15, 0.2) is 12.5 Å². The Kier molecular flexibility index (Phi) is 2.52. The van der Waals surface area contributed by atoms with Crippen molar-refractivity contribution in [2.24, 2.45) is 0 Å². The summed E-state index contributed by atoms with van der Waals surface area (Å²) in [4.78, 5) is 24.5. The normalized spacial score (nSPS) is 9.33. The molecule has 0 aliphatic carbocycles. The van der Waals surface area contributed by atoms with Gasteiger partial charge in [-0.05, 0) is 0 Å². The molecule has 0 spiro atoms. The van der Waals surface area contributed by atoms with Crippen LogP contribution in [0.2, 0.25) is 0 Å². The summed E-state index contributed by atoms with van der Waals surface area (Å²) in [5, 5.41) is 0. The molecule has 2 aromatic heterocycles. The first-order chi connectivity index (χ1) is 5.40. The van der Waals surface area contributed by atoms with Gasteiger partial charge in [-0.3, -0.25) is 4.79 Å². The van der Waals surface area contributed by atoms with Crippen molar-refractivity contribution < 1.29 is 21.9 Å². The van der Waals surface area contributed by atoms with E-state index in [9.17, 15) is 4.79 Å². The Morgan fingerprint density at radius 1 is 1.42 bits per heavy atom. The van der Waals surface area contributed by atoms with Crippen LogP contribution < -0.4 is 0 Å². The third-order valence-corrected chi connectivity index (χ3v) is 1.30. The topological polar surface area (TPSA) is 71.5 Å². The minimum Gasteiger partial charge on any atom is -0.342 e. The summed E-state index contributed by atoms with van der Waals surface area (Å²) in [7, 11) is 0. The van der Waals surface area contributed by atoms with Gasteiger partial charge in [0.2, 0.25) is 0 Å². The van der Waals surface area contributed by atoms with Crippen molar-refractivity contribution in [1.29, 1.82) is 0 Å². The quantitative estimate of drug-likeness (QED) is 0.530. The second-order valence-electron chi connectivity index (χ2n) is 1.99. The van der Waals surface area contributed by atoms with Gasteiger partial charge in [-0.15, -0.1) is 0 Å². The number of rotatable bonds is 1. The van der Waals surface area contributed by atoms with E-state index >= 15 is 0 Å². The molecule has 0 fully saturated rings. The minimum atomic E-state index is 0. The molecule has 2 rings (SSSR count). The van der Waals surface area contributed by atoms with E-state index in [1.807, 2.05) is 0 Å². The maximum absolute atomic E-state index is 10.2. The van der Waals surface area contributed by atoms with Gasteiger partial charge in [-0.25, -0.2) is 15.0 Å². The first-order valence-corrected chi connectivity index (χ1v) is 3.01. The molecule has 62 valence electrons. The number of nitrogens with one attached hydrogen (secondary N) is 1. The molecule has 0 amide bonds. The zero-order valence-corrected chi connectivity index (χ0v) is 6.94. The van der Waals surface area contributed by atoms with E-state index in [1.165, 1.54) is 12.5 Å². The molecule has 0 atom stereocenters. The van der Waals surface area contributed by atoms with Gasteiger partial charge in [0.15, 0.2) is 17.8 Å². The number of fused-ring (bicyclic) bond motifs is 1. The Balaban J connectivity index is 0.000000720. The van der Waals surface area contributed by atoms with Crippen LogP contribution >= 0.6 is 0 Å². The number of carbonyl (C=O) groups is 1. The van der Waals surface area contributed by atoms with Gasteiger partial charge in [0.05, 0.1) is 12.5 Å². The smallest absolute Gasteiger partial charge is 0.194 e. The summed E-state index contributed by atoms with van der Waals surface area (Å²) in [6.07, 6.45) is 3.63. The molecule has 0 bridgehead atoms. The predicted molar refractivity (Wildman–Crippen MR) is 37.1 cm³/mol. The third kappa shape index (κ3) is 1.34. The van der Waals surface area contributed by atoms with Crippen molar-refractivity contribution in [3.63, 3.8) is 0 Å². The average molecular weight is 204 g/mol. The number of nitrogens with zero attached hydrogens (tertiary/aromatic N) is 3. The molecule has 1 N–H and O–H groups in total. The predicted octanol–water partition coefficient (Wildman–Crippen LogP) is 0.163. The van der Waals surface area contributed by atoms with Crippen LogP contribution in [0.25, 0.3) is 11.2 Å². The number of carbonyl (C=O) groups excluding carboxylic acids is 1. The van der Waals surface area contributed by atoms with Crippen LogP contribution in [0.3, 0.4) is 0 Å². The third-order valence-electron chi connectivity index (χ3n) is 1.30. The molecule has 0 saturated carbocycles. The number of hydrogen-bond acceptors (Lipinski definition) is 4. The Morgan fingerprint density at radius 3 is 3.00 bits per heavy atom. The van der Waals surface area contributed by atoms with E-state index in [-0.39, 0.29) is 22.9 Å². The summed E-state index contributed by atoms with van der Waals surface area (Å²) in [5.41, 5.74) is 1.25. The van der Waals surface area contributed by atoms with Crippen LogP contribution in [-0.2, 0) is 17.1 Å². The summed E-state index contributed by atoms with van der Waals surface area (Å²) in [6.45, 7) is 0. The van der Waals surface area contributed by atoms with Gasteiger partial charge in [-0.2, -0.15) is 0 Å². The van der Waals surface area contributed by atoms with Crippen LogP contribution in [-0.4, -0.2) is 26.2 Å². The number of aromatic nitrogens is 4. The summed E-state index contributed by atoms with van der Waals surface area (Å²) in [6, 6.07) is 0. The minimum absolute atomic E-state index is 0. The molecule has 0 saturated heterocycles. The molecule has 5 nitrogen and oxygen atoms in total. The SMILES string of the molecule is O=Cc1ncc2[nH]cnc2n1.[Fe]. The van der Waals surface area contributed by atoms with E-state index in [2.05, 4.69) is 19.9 Å². The van der Waals surface area contributed by atoms with Gasteiger partial charge in [0.25, 0.3) is 0 Å². The average Bonchev–Trinajstić information content (AvgIpc) is 2.50. The fourth-order valence-corrected chi connectivity index (χ4v) is 0.806. The maximum atomic E-state index is 10.2. The molecular weight excluding hydrogens is 200 g/mol. The zero-order chi connectivity index (χ0) is 7.68. The Bertz CT molecular complexity index is 399. The van der Waals surface area contributed by atoms with Gasteiger partial charge in [0.1, 0.15) is 5.52 Å². The van der Waals surface area contributed by atoms with Crippen LogP contribution in [0.5, 0.6) is 0 Å². The van der Waals surface area contributed by atoms with Crippen molar-refractivity contribution >= 4 is 17.5 Å². The maximum Gasteiger partial charge on any atom is 0.194 e. The van der Waals surface area contributed by atoms with E-state index in [4.69, 9.17) is 0 Å². The first kappa shape index (κ1) is 8.83. The zero-order valence-electron chi connectivity index (χ0n) is 5.84. The monoisotopic (exact) mass is 204 g/mol. The van der Waals surface area contributed by atoms with Gasteiger partial charge in [0, 0.05) is 17.1 Å². The number of H-pyrrole nitrogens is 1. The number of imidazole rings is 1. The summed E-state index contributed by atoms with van der Waals surface area (Å²) >= 11 is 0. The number of hydrogen-bond donors (Lipinski definition) is 1. The van der Waals surface area contributed by atoms with Gasteiger partial charge in [-0.1, -0.05) is 0 Å². The molecule has 6 heteroatoms. The Labute approximate surface area is 78.1 Å². The molecule has 0 aromatic carbocycles. The van der Waals surface area contributed by atoms with Gasteiger partial charge >= 0.3 is 0 Å². The van der Waals surface area contributed by atoms with E-state index in [0.717, 1.165) is 5.52 Å². The van der Waals surface area contributed by atoms with Crippen LogP contribution in [0.1, 0.15) is 10.6 Å². The number of aromatic amines is 1. The molecule has 0 aliphatic rings. The van der Waals surface area contributed by atoms with Crippen molar-refractivity contribution in [2.45, 2.75) is 0 Å². The molecule has 0 aliphatic heterocycles. The fraction of sp³-hybridized carbons (Fsp3) is 0. The van der Waals surface area contributed by atoms with Crippen molar-refractivity contribution in [3.05, 3.63) is 18.3 Å². The standard InChI is InChI=1S/C6H4N4O.Fe/c11-2-5-7-1-4-6(10-5)9-3-8-4;/h1-3H,(H,7,8,9,10);. The summed E-state index contributed by atoms with van der Waals surface area (Å²) in [5.74, 6) is 0.157. The van der Waals surface area contributed by atoms with E-state index < -0.39 is 0 Å². The van der Waals surface area contributed by atoms with Crippen LogP contribution in [0.4, 0.5) is 0 Å². The second-order valence-corrected chi connectivity index (χ2v) is 1.99. The van der Waals surface area contributed by atoms with E-state index in [1.54, 1.807) is 0 Å². The first-order valence-electron chi connectivity index (χ1n) is 3.01. The van der Waals surface area contributed by atoms with Crippen molar-refractivity contribution in [2.75, 3.05) is 0 Å². The van der Waals surface area contributed by atoms with E-state index in [0.29, 0.717) is 11.9 Å².